The Balaban J connectivity index is 0.00000480. The zero-order chi connectivity index (χ0) is 38.5. The van der Waals surface area contributed by atoms with Crippen molar-refractivity contribution in [1.82, 2.24) is 19.5 Å². The largest absolute Gasteiger partial charge is 0.507 e. The molecule has 0 saturated heterocycles. The van der Waals surface area contributed by atoms with E-state index in [1.807, 2.05) is 42.6 Å². The number of pyridine rings is 1. The van der Waals surface area contributed by atoms with E-state index in [1.165, 1.54) is 33.4 Å². The zero-order valence-corrected chi connectivity index (χ0v) is 35.5. The van der Waals surface area contributed by atoms with Crippen LogP contribution in [0.2, 0.25) is 0 Å². The molecule has 0 spiro atoms. The molecule has 1 radical (unpaired) electrons. The number of hydrogen-bond donors (Lipinski definition) is 1. The molecule has 3 heterocycles. The van der Waals surface area contributed by atoms with Crippen LogP contribution in [0.1, 0.15) is 101 Å². The molecular weight excluding hydrogens is 870 g/mol. The fourth-order valence-electron chi connectivity index (χ4n) is 7.59. The van der Waals surface area contributed by atoms with Crippen molar-refractivity contribution < 1.29 is 27.5 Å². The predicted molar refractivity (Wildman–Crippen MR) is 228 cm³/mol. The minimum absolute atomic E-state index is 0. The molecule has 8 rings (SSSR count). The van der Waals surface area contributed by atoms with Gasteiger partial charge in [0.1, 0.15) is 11.6 Å². The van der Waals surface area contributed by atoms with Crippen molar-refractivity contribution in [1.29, 1.82) is 0 Å². The zero-order valence-electron chi connectivity index (χ0n) is 33.3. The average Bonchev–Trinajstić information content (AvgIpc) is 3.83. The summed E-state index contributed by atoms with van der Waals surface area (Å²) in [4.78, 5) is 14.3. The smallest absolute Gasteiger partial charge is 0.136 e. The summed E-state index contributed by atoms with van der Waals surface area (Å²) in [5, 5.41) is 13.0. The Kier molecular flexibility index (Phi) is 11.0. The second kappa shape index (κ2) is 15.7. The van der Waals surface area contributed by atoms with Gasteiger partial charge in [-0.05, 0) is 98.3 Å². The van der Waals surface area contributed by atoms with Crippen molar-refractivity contribution in [2.75, 3.05) is 0 Å². The van der Waals surface area contributed by atoms with Crippen molar-refractivity contribution in [3.8, 4) is 56.3 Å². The predicted octanol–water partition coefficient (Wildman–Crippen LogP) is 13.2. The van der Waals surface area contributed by atoms with E-state index in [9.17, 15) is 5.11 Å². The van der Waals surface area contributed by atoms with E-state index in [2.05, 4.69) is 132 Å². The van der Waals surface area contributed by atoms with Gasteiger partial charge in [0.25, 0.3) is 0 Å². The summed E-state index contributed by atoms with van der Waals surface area (Å²) in [5.74, 6) is 2.51. The number of para-hydroxylation sites is 1. The molecule has 0 unspecified atom stereocenters. The third-order valence-corrected chi connectivity index (χ3v) is 10.9. The van der Waals surface area contributed by atoms with Gasteiger partial charge in [-0.2, -0.15) is 0 Å². The molecule has 287 valence electrons. The van der Waals surface area contributed by atoms with Crippen LogP contribution in [0.5, 0.6) is 5.75 Å². The Morgan fingerprint density at radius 1 is 0.607 bits per heavy atom. The van der Waals surface area contributed by atoms with E-state index in [-0.39, 0.29) is 28.1 Å². The standard InChI is InChI=1S/C50H48N4O.Au/c1-29(2)34-18-35(30(3)4)21-38(20-34)33-16-17-47-43(24-33)44-25-41(39-22-36(31(5)6)19-37(23-39)32(7)8)42(46-27-51-28-52-46)26-48(44)54(47)50-15-11-13-45(53-50)40-12-9-10-14-49(40)55;/h9-25,27-32H,1-8H3,(H-,51,52,53,55);/q-2;. The minimum Gasteiger partial charge on any atom is -0.507 e. The van der Waals surface area contributed by atoms with Crippen LogP contribution >= 0.6 is 0 Å². The molecule has 0 aliphatic heterocycles. The van der Waals surface area contributed by atoms with Crippen LogP contribution in [0.25, 0.3) is 72.4 Å². The molecule has 1 N–H and O–H groups in total. The summed E-state index contributed by atoms with van der Waals surface area (Å²) in [7, 11) is 0. The van der Waals surface area contributed by atoms with Crippen LogP contribution in [0.15, 0.2) is 116 Å². The fourth-order valence-corrected chi connectivity index (χ4v) is 7.59. The van der Waals surface area contributed by atoms with Crippen molar-refractivity contribution in [3.63, 3.8) is 0 Å². The molecule has 0 bridgehead atoms. The second-order valence-electron chi connectivity index (χ2n) is 16.1. The number of nitrogens with zero attached hydrogens (tertiary/aromatic N) is 4. The Morgan fingerprint density at radius 3 is 1.82 bits per heavy atom. The number of aromatic nitrogens is 4. The van der Waals surface area contributed by atoms with Crippen molar-refractivity contribution in [3.05, 3.63) is 144 Å². The van der Waals surface area contributed by atoms with Crippen molar-refractivity contribution >= 4 is 21.8 Å². The Labute approximate surface area is 346 Å². The van der Waals surface area contributed by atoms with Gasteiger partial charge in [-0.3, -0.25) is 0 Å². The van der Waals surface area contributed by atoms with Crippen molar-refractivity contribution in [2.24, 2.45) is 0 Å². The van der Waals surface area contributed by atoms with Crippen LogP contribution in [0.3, 0.4) is 0 Å². The van der Waals surface area contributed by atoms with Gasteiger partial charge in [-0.1, -0.05) is 133 Å². The average molecular weight is 918 g/mol. The number of fused-ring (bicyclic) bond motifs is 3. The summed E-state index contributed by atoms with van der Waals surface area (Å²) in [6, 6.07) is 40.4. The van der Waals surface area contributed by atoms with E-state index in [1.54, 1.807) is 12.4 Å². The first kappa shape index (κ1) is 39.1. The Bertz CT molecular complexity index is 2630. The summed E-state index contributed by atoms with van der Waals surface area (Å²) in [6.45, 7) is 18.1. The van der Waals surface area contributed by atoms with Crippen LogP contribution in [-0.2, 0) is 22.4 Å². The first-order chi connectivity index (χ1) is 26.5. The molecule has 8 aromatic rings. The minimum atomic E-state index is 0. The SMILES string of the molecule is CC(C)c1cc(-c2ccc3c(c2)c2cc(-c4cc(C(C)C)cc(C(C)C)c4)c(-c4cnc[n-]4)[c-]c2n3-c2cccc(-c3ccccc3O)n2)cc(C(C)C)c1.[Au]. The molecular formula is C50H48AuN4O-2. The number of phenolic OH excluding ortho intramolecular Hbond substituents is 1. The first-order valence-corrected chi connectivity index (χ1v) is 19.5. The molecule has 0 fully saturated rings. The molecule has 5 aromatic carbocycles. The molecule has 56 heavy (non-hydrogen) atoms. The summed E-state index contributed by atoms with van der Waals surface area (Å²) in [5.41, 5.74) is 14.9. The van der Waals surface area contributed by atoms with Crippen LogP contribution in [-0.4, -0.2) is 19.6 Å². The number of rotatable bonds is 9. The Morgan fingerprint density at radius 2 is 1.23 bits per heavy atom. The number of benzene rings is 5. The topological polar surface area (TPSA) is 65.0 Å². The van der Waals surface area contributed by atoms with Crippen LogP contribution in [0, 0.1) is 6.07 Å². The third kappa shape index (κ3) is 7.28. The van der Waals surface area contributed by atoms with E-state index >= 15 is 0 Å². The number of phenols is 1. The van der Waals surface area contributed by atoms with Gasteiger partial charge in [0.2, 0.25) is 0 Å². The number of imidazole rings is 1. The van der Waals surface area contributed by atoms with E-state index < -0.39 is 0 Å². The van der Waals surface area contributed by atoms with Gasteiger partial charge in [0.05, 0.1) is 5.69 Å². The van der Waals surface area contributed by atoms with Gasteiger partial charge >= 0.3 is 0 Å². The summed E-state index contributed by atoms with van der Waals surface area (Å²) < 4.78 is 2.20. The van der Waals surface area contributed by atoms with Crippen LogP contribution < -0.4 is 4.98 Å². The molecule has 0 amide bonds. The molecule has 0 aliphatic rings. The second-order valence-corrected chi connectivity index (χ2v) is 16.1. The van der Waals surface area contributed by atoms with E-state index in [0.717, 1.165) is 50.0 Å². The maximum atomic E-state index is 10.8. The molecule has 6 heteroatoms. The van der Waals surface area contributed by atoms with Gasteiger partial charge in [-0.25, -0.2) is 4.98 Å². The molecule has 0 atom stereocenters. The quantitative estimate of drug-likeness (QED) is 0.116. The fraction of sp³-hybridized carbons (Fsp3) is 0.240. The van der Waals surface area contributed by atoms with Crippen LogP contribution in [0.4, 0.5) is 0 Å². The van der Waals surface area contributed by atoms with Gasteiger partial charge in [0, 0.05) is 33.5 Å². The van der Waals surface area contributed by atoms with Gasteiger partial charge < -0.3 is 19.6 Å². The van der Waals surface area contributed by atoms with Gasteiger partial charge in [0.15, 0.2) is 0 Å². The molecule has 0 aliphatic carbocycles. The van der Waals surface area contributed by atoms with E-state index in [0.29, 0.717) is 34.9 Å². The third-order valence-electron chi connectivity index (χ3n) is 10.9. The van der Waals surface area contributed by atoms with Gasteiger partial charge in [-0.15, -0.1) is 41.5 Å². The van der Waals surface area contributed by atoms with Crippen molar-refractivity contribution in [2.45, 2.75) is 79.1 Å². The molecule has 5 nitrogen and oxygen atoms in total. The normalized spacial score (nSPS) is 11.8. The first-order valence-electron chi connectivity index (χ1n) is 19.5. The number of aromatic hydroxyl groups is 1. The van der Waals surface area contributed by atoms with E-state index in [4.69, 9.17) is 9.97 Å². The monoisotopic (exact) mass is 917 g/mol. The summed E-state index contributed by atoms with van der Waals surface area (Å²) >= 11 is 0. The molecule has 3 aromatic heterocycles. The Hall–Kier alpha value is -5.20. The number of hydrogen-bond acceptors (Lipinski definition) is 3. The maximum Gasteiger partial charge on any atom is 0.136 e. The maximum absolute atomic E-state index is 10.8. The molecule has 0 saturated carbocycles. The summed E-state index contributed by atoms with van der Waals surface area (Å²) in [6.07, 6.45) is 3.43.